The maximum Gasteiger partial charge on any atom is 0.219 e. The van der Waals surface area contributed by atoms with Crippen LogP contribution in [0.4, 0.5) is 0 Å². The molecule has 1 heterocycles. The van der Waals surface area contributed by atoms with E-state index in [4.69, 9.17) is 9.47 Å². The molecule has 2 aromatic rings. The molecular formula is C27H36N2O3. The number of methoxy groups -OCH3 is 2. The van der Waals surface area contributed by atoms with Crippen LogP contribution in [0.2, 0.25) is 0 Å². The minimum atomic E-state index is 0.208. The summed E-state index contributed by atoms with van der Waals surface area (Å²) in [5.41, 5.74) is 3.93. The molecule has 2 fully saturated rings. The van der Waals surface area contributed by atoms with Gasteiger partial charge in [-0.2, -0.15) is 0 Å². The average Bonchev–Trinajstić information content (AvgIpc) is 3.65. The fourth-order valence-electron chi connectivity index (χ4n) is 4.85. The van der Waals surface area contributed by atoms with Crippen molar-refractivity contribution in [2.45, 2.75) is 58.2 Å². The summed E-state index contributed by atoms with van der Waals surface area (Å²) in [4.78, 5) is 16.1. The molecule has 1 aliphatic heterocycles. The fourth-order valence-corrected chi connectivity index (χ4v) is 4.85. The summed E-state index contributed by atoms with van der Waals surface area (Å²) in [5, 5.41) is 0. The van der Waals surface area contributed by atoms with E-state index < -0.39 is 0 Å². The van der Waals surface area contributed by atoms with Crippen LogP contribution in [-0.4, -0.2) is 49.1 Å². The summed E-state index contributed by atoms with van der Waals surface area (Å²) in [6, 6.07) is 15.9. The van der Waals surface area contributed by atoms with E-state index in [0.29, 0.717) is 12.0 Å². The molecule has 0 spiro atoms. The first-order chi connectivity index (χ1) is 15.6. The zero-order chi connectivity index (χ0) is 22.5. The molecule has 2 aromatic carbocycles. The molecule has 32 heavy (non-hydrogen) atoms. The van der Waals surface area contributed by atoms with E-state index in [-0.39, 0.29) is 5.91 Å². The van der Waals surface area contributed by atoms with Gasteiger partial charge >= 0.3 is 0 Å². The van der Waals surface area contributed by atoms with Crippen LogP contribution in [0.15, 0.2) is 42.5 Å². The Labute approximate surface area is 192 Å². The van der Waals surface area contributed by atoms with E-state index in [1.54, 1.807) is 21.1 Å². The zero-order valence-corrected chi connectivity index (χ0v) is 19.7. The fraction of sp³-hybridized carbons (Fsp3) is 0.519. The van der Waals surface area contributed by atoms with Gasteiger partial charge < -0.3 is 14.4 Å². The summed E-state index contributed by atoms with van der Waals surface area (Å²) >= 11 is 0. The quantitative estimate of drug-likeness (QED) is 0.573. The number of likely N-dealkylation sites (tertiary alicyclic amines) is 1. The molecule has 0 bridgehead atoms. The topological polar surface area (TPSA) is 42.0 Å². The van der Waals surface area contributed by atoms with Gasteiger partial charge in [0.2, 0.25) is 5.91 Å². The standard InChI is InChI=1S/C27H36N2O3/c1-20(30)28-15-13-22(14-16-28)17-21-7-9-23(10-8-21)18-29(25-11-12-25)19-24-5-4-6-26(31-2)27(24)32-3/h4-10,22,25H,11-19H2,1-3H3. The van der Waals surface area contributed by atoms with E-state index in [9.17, 15) is 4.79 Å². The summed E-state index contributed by atoms with van der Waals surface area (Å²) in [7, 11) is 3.40. The van der Waals surface area contributed by atoms with Gasteiger partial charge in [0.1, 0.15) is 0 Å². The van der Waals surface area contributed by atoms with Crippen molar-refractivity contribution in [3.63, 3.8) is 0 Å². The van der Waals surface area contributed by atoms with Crippen molar-refractivity contribution in [1.82, 2.24) is 9.80 Å². The Morgan fingerprint density at radius 1 is 0.938 bits per heavy atom. The highest BCUT2D eigenvalue weighted by Crippen LogP contribution is 2.35. The average molecular weight is 437 g/mol. The lowest BCUT2D eigenvalue weighted by molar-refractivity contribution is -0.130. The Bertz CT molecular complexity index is 900. The third-order valence-electron chi connectivity index (χ3n) is 6.91. The second-order valence-electron chi connectivity index (χ2n) is 9.26. The van der Waals surface area contributed by atoms with Crippen LogP contribution in [-0.2, 0) is 24.3 Å². The Balaban J connectivity index is 1.36. The molecule has 1 saturated heterocycles. The number of hydrogen-bond acceptors (Lipinski definition) is 4. The summed E-state index contributed by atoms with van der Waals surface area (Å²) in [6.45, 7) is 5.29. The minimum absolute atomic E-state index is 0.208. The molecule has 4 rings (SSSR count). The Morgan fingerprint density at radius 2 is 1.62 bits per heavy atom. The Kier molecular flexibility index (Phi) is 7.36. The normalized spacial score (nSPS) is 16.9. The van der Waals surface area contributed by atoms with Gasteiger partial charge in [0.05, 0.1) is 14.2 Å². The van der Waals surface area contributed by atoms with Gasteiger partial charge in [-0.15, -0.1) is 0 Å². The zero-order valence-electron chi connectivity index (χ0n) is 19.7. The van der Waals surface area contributed by atoms with Crippen LogP contribution in [0.5, 0.6) is 11.5 Å². The number of hydrogen-bond donors (Lipinski definition) is 0. The van der Waals surface area contributed by atoms with Gasteiger partial charge in [-0.25, -0.2) is 0 Å². The molecule has 0 radical (unpaired) electrons. The van der Waals surface area contributed by atoms with Crippen LogP contribution in [0.3, 0.4) is 0 Å². The summed E-state index contributed by atoms with van der Waals surface area (Å²) in [6.07, 6.45) is 5.87. The van der Waals surface area contributed by atoms with Crippen molar-refractivity contribution in [2.24, 2.45) is 5.92 Å². The molecule has 0 aromatic heterocycles. The molecule has 1 amide bonds. The molecule has 2 aliphatic rings. The smallest absolute Gasteiger partial charge is 0.219 e. The molecule has 0 unspecified atom stereocenters. The lowest BCUT2D eigenvalue weighted by Gasteiger charge is -2.31. The molecule has 0 N–H and O–H groups in total. The molecular weight excluding hydrogens is 400 g/mol. The largest absolute Gasteiger partial charge is 0.493 e. The molecule has 5 nitrogen and oxygen atoms in total. The molecule has 172 valence electrons. The number of carbonyl (C=O) groups is 1. The van der Waals surface area contributed by atoms with Crippen LogP contribution < -0.4 is 9.47 Å². The third-order valence-corrected chi connectivity index (χ3v) is 6.91. The van der Waals surface area contributed by atoms with Crippen molar-refractivity contribution in [3.05, 3.63) is 59.2 Å². The van der Waals surface area contributed by atoms with Gasteiger partial charge in [-0.1, -0.05) is 36.4 Å². The Morgan fingerprint density at radius 3 is 2.22 bits per heavy atom. The number of rotatable bonds is 9. The highest BCUT2D eigenvalue weighted by atomic mass is 16.5. The van der Waals surface area contributed by atoms with Crippen molar-refractivity contribution >= 4 is 5.91 Å². The van der Waals surface area contributed by atoms with Crippen molar-refractivity contribution in [1.29, 1.82) is 0 Å². The molecule has 5 heteroatoms. The van der Waals surface area contributed by atoms with Gasteiger partial charge in [0, 0.05) is 44.7 Å². The third kappa shape index (κ3) is 5.63. The first-order valence-electron chi connectivity index (χ1n) is 11.8. The first kappa shape index (κ1) is 22.7. The summed E-state index contributed by atoms with van der Waals surface area (Å²) < 4.78 is 11.1. The van der Waals surface area contributed by atoms with E-state index in [0.717, 1.165) is 56.9 Å². The SMILES string of the molecule is COc1cccc(CN(Cc2ccc(CC3CCN(C(C)=O)CC3)cc2)C2CC2)c1OC. The van der Waals surface area contributed by atoms with Gasteiger partial charge in [0.25, 0.3) is 0 Å². The second-order valence-corrected chi connectivity index (χ2v) is 9.26. The Hall–Kier alpha value is -2.53. The molecule has 0 atom stereocenters. The van der Waals surface area contributed by atoms with Crippen molar-refractivity contribution in [2.75, 3.05) is 27.3 Å². The van der Waals surface area contributed by atoms with Gasteiger partial charge in [-0.05, 0) is 55.2 Å². The number of nitrogens with zero attached hydrogens (tertiary/aromatic N) is 2. The predicted molar refractivity (Wildman–Crippen MR) is 127 cm³/mol. The molecule has 1 saturated carbocycles. The van der Waals surface area contributed by atoms with Crippen LogP contribution >= 0.6 is 0 Å². The number of amides is 1. The first-order valence-corrected chi connectivity index (χ1v) is 11.8. The lowest BCUT2D eigenvalue weighted by Crippen LogP contribution is -2.37. The number of carbonyl (C=O) groups excluding carboxylic acids is 1. The van der Waals surface area contributed by atoms with Crippen molar-refractivity contribution < 1.29 is 14.3 Å². The minimum Gasteiger partial charge on any atom is -0.493 e. The van der Waals surface area contributed by atoms with E-state index in [1.807, 2.05) is 17.0 Å². The molecule has 1 aliphatic carbocycles. The second kappa shape index (κ2) is 10.4. The maximum absolute atomic E-state index is 11.5. The van der Waals surface area contributed by atoms with Crippen LogP contribution in [0, 0.1) is 5.92 Å². The summed E-state index contributed by atoms with van der Waals surface area (Å²) in [5.74, 6) is 2.52. The van der Waals surface area contributed by atoms with Gasteiger partial charge in [-0.3, -0.25) is 9.69 Å². The highest BCUT2D eigenvalue weighted by molar-refractivity contribution is 5.73. The van der Waals surface area contributed by atoms with E-state index >= 15 is 0 Å². The van der Waals surface area contributed by atoms with Crippen molar-refractivity contribution in [3.8, 4) is 11.5 Å². The number of piperidine rings is 1. The van der Waals surface area contributed by atoms with Gasteiger partial charge in [0.15, 0.2) is 11.5 Å². The lowest BCUT2D eigenvalue weighted by atomic mass is 9.90. The van der Waals surface area contributed by atoms with E-state index in [1.165, 1.54) is 29.5 Å². The van der Waals surface area contributed by atoms with E-state index in [2.05, 4.69) is 35.2 Å². The predicted octanol–water partition coefficient (Wildman–Crippen LogP) is 4.67. The number of ether oxygens (including phenoxy) is 2. The highest BCUT2D eigenvalue weighted by Gasteiger charge is 2.30. The number of benzene rings is 2. The van der Waals surface area contributed by atoms with Crippen LogP contribution in [0.1, 0.15) is 49.3 Å². The monoisotopic (exact) mass is 436 g/mol. The number of para-hydroxylation sites is 1. The van der Waals surface area contributed by atoms with Crippen LogP contribution in [0.25, 0.3) is 0 Å². The maximum atomic E-state index is 11.5.